The lowest BCUT2D eigenvalue weighted by atomic mass is 10.1. The fourth-order valence-electron chi connectivity index (χ4n) is 1.30. The van der Waals surface area contributed by atoms with Crippen molar-refractivity contribution < 1.29 is 0 Å². The topological polar surface area (TPSA) is 28.7 Å². The van der Waals surface area contributed by atoms with Gasteiger partial charge in [-0.05, 0) is 25.5 Å². The van der Waals surface area contributed by atoms with Crippen LogP contribution in [0.3, 0.4) is 0 Å². The number of hydrogen-bond donors (Lipinski definition) is 1. The molecule has 0 saturated carbocycles. The zero-order valence-electron chi connectivity index (χ0n) is 8.13. The summed E-state index contributed by atoms with van der Waals surface area (Å²) in [5.74, 6) is 0.865. The molecule has 14 heavy (non-hydrogen) atoms. The minimum atomic E-state index is 0.775. The highest BCUT2D eigenvalue weighted by atomic mass is 35.5. The molecule has 1 N–H and O–H groups in total. The van der Waals surface area contributed by atoms with Crippen molar-refractivity contribution in [3.8, 4) is 11.4 Å². The number of halogens is 1. The Kier molecular flexibility index (Phi) is 2.30. The van der Waals surface area contributed by atoms with Gasteiger partial charge in [-0.25, -0.2) is 4.98 Å². The molecule has 0 saturated heterocycles. The number of aromatic amines is 1. The lowest BCUT2D eigenvalue weighted by Crippen LogP contribution is -1.82. The molecular weight excluding hydrogens is 196 g/mol. The summed E-state index contributed by atoms with van der Waals surface area (Å²) in [4.78, 5) is 7.41. The molecule has 0 spiro atoms. The molecule has 2 rings (SSSR count). The van der Waals surface area contributed by atoms with Gasteiger partial charge >= 0.3 is 0 Å². The maximum absolute atomic E-state index is 6.03. The summed E-state index contributed by atoms with van der Waals surface area (Å²) in [5.41, 5.74) is 3.16. The number of nitrogens with one attached hydrogen (secondary N) is 1. The van der Waals surface area contributed by atoms with Gasteiger partial charge in [0.15, 0.2) is 0 Å². The van der Waals surface area contributed by atoms with Crippen molar-refractivity contribution in [2.75, 3.05) is 0 Å². The second-order valence-electron chi connectivity index (χ2n) is 3.38. The second kappa shape index (κ2) is 3.46. The number of benzene rings is 1. The molecule has 0 aliphatic heterocycles. The summed E-state index contributed by atoms with van der Waals surface area (Å²) < 4.78 is 0. The van der Waals surface area contributed by atoms with E-state index in [1.165, 1.54) is 0 Å². The molecular formula is C11H11ClN2. The van der Waals surface area contributed by atoms with Crippen LogP contribution < -0.4 is 0 Å². The first-order valence-corrected chi connectivity index (χ1v) is 4.83. The third kappa shape index (κ3) is 1.66. The van der Waals surface area contributed by atoms with Gasteiger partial charge in [0.25, 0.3) is 0 Å². The van der Waals surface area contributed by atoms with E-state index in [9.17, 15) is 0 Å². The number of aryl methyl sites for hydroxylation is 2. The van der Waals surface area contributed by atoms with E-state index in [1.807, 2.05) is 38.2 Å². The largest absolute Gasteiger partial charge is 0.342 e. The molecule has 1 heterocycles. The van der Waals surface area contributed by atoms with E-state index in [2.05, 4.69) is 9.97 Å². The molecule has 0 fully saturated rings. The fraction of sp³-hybridized carbons (Fsp3) is 0.182. The second-order valence-corrected chi connectivity index (χ2v) is 3.79. The van der Waals surface area contributed by atoms with Crippen molar-refractivity contribution in [3.05, 3.63) is 40.7 Å². The molecule has 0 atom stereocenters. The minimum Gasteiger partial charge on any atom is -0.342 e. The van der Waals surface area contributed by atoms with E-state index >= 15 is 0 Å². The number of hydrogen-bond acceptors (Lipinski definition) is 1. The van der Waals surface area contributed by atoms with E-state index in [0.717, 1.165) is 27.7 Å². The summed E-state index contributed by atoms with van der Waals surface area (Å²) in [6.45, 7) is 3.96. The lowest BCUT2D eigenvalue weighted by Gasteiger charge is -2.00. The molecule has 0 radical (unpaired) electrons. The monoisotopic (exact) mass is 206 g/mol. The van der Waals surface area contributed by atoms with Crippen LogP contribution in [0.4, 0.5) is 0 Å². The Morgan fingerprint density at radius 1 is 1.29 bits per heavy atom. The van der Waals surface area contributed by atoms with E-state index in [1.54, 1.807) is 0 Å². The number of nitrogens with zero attached hydrogens (tertiary/aromatic N) is 1. The smallest absolute Gasteiger partial charge is 0.137 e. The summed E-state index contributed by atoms with van der Waals surface area (Å²) in [6, 6.07) is 5.93. The van der Waals surface area contributed by atoms with Gasteiger partial charge in [-0.2, -0.15) is 0 Å². The normalized spacial score (nSPS) is 10.5. The lowest BCUT2D eigenvalue weighted by molar-refractivity contribution is 1.25. The highest BCUT2D eigenvalue weighted by molar-refractivity contribution is 6.31. The van der Waals surface area contributed by atoms with Crippen LogP contribution in [0.15, 0.2) is 24.4 Å². The average molecular weight is 207 g/mol. The first-order chi connectivity index (χ1) is 6.66. The minimum absolute atomic E-state index is 0.775. The Morgan fingerprint density at radius 2 is 2.07 bits per heavy atom. The third-order valence-corrected chi connectivity index (χ3v) is 2.56. The van der Waals surface area contributed by atoms with E-state index in [4.69, 9.17) is 11.6 Å². The van der Waals surface area contributed by atoms with Crippen LogP contribution in [0, 0.1) is 13.8 Å². The van der Waals surface area contributed by atoms with E-state index < -0.39 is 0 Å². The molecule has 1 aromatic carbocycles. The highest BCUT2D eigenvalue weighted by Gasteiger charge is 2.03. The van der Waals surface area contributed by atoms with Gasteiger partial charge in [0.2, 0.25) is 0 Å². The standard InChI is InChI=1S/C11H11ClN2/c1-7-3-4-9(5-10(7)12)11-13-6-8(2)14-11/h3-6H,1-2H3,(H,13,14). The van der Waals surface area contributed by atoms with Crippen LogP contribution >= 0.6 is 11.6 Å². The number of H-pyrrole nitrogens is 1. The van der Waals surface area contributed by atoms with Gasteiger partial charge in [0.1, 0.15) is 5.82 Å². The summed E-state index contributed by atoms with van der Waals surface area (Å²) in [6.07, 6.45) is 1.81. The van der Waals surface area contributed by atoms with Crippen molar-refractivity contribution >= 4 is 11.6 Å². The van der Waals surface area contributed by atoms with Crippen molar-refractivity contribution in [2.45, 2.75) is 13.8 Å². The van der Waals surface area contributed by atoms with Gasteiger partial charge in [0, 0.05) is 22.5 Å². The van der Waals surface area contributed by atoms with Crippen LogP contribution in [-0.2, 0) is 0 Å². The summed E-state index contributed by atoms with van der Waals surface area (Å²) in [7, 11) is 0. The Morgan fingerprint density at radius 3 is 2.64 bits per heavy atom. The quantitative estimate of drug-likeness (QED) is 0.762. The first-order valence-electron chi connectivity index (χ1n) is 4.45. The van der Waals surface area contributed by atoms with Crippen LogP contribution in [-0.4, -0.2) is 9.97 Å². The number of aromatic nitrogens is 2. The van der Waals surface area contributed by atoms with Gasteiger partial charge in [0.05, 0.1) is 0 Å². The summed E-state index contributed by atoms with van der Waals surface area (Å²) in [5, 5.41) is 0.775. The number of imidazole rings is 1. The van der Waals surface area contributed by atoms with E-state index in [-0.39, 0.29) is 0 Å². The summed E-state index contributed by atoms with van der Waals surface area (Å²) >= 11 is 6.03. The Labute approximate surface area is 88.0 Å². The fourth-order valence-corrected chi connectivity index (χ4v) is 1.48. The molecule has 0 amide bonds. The predicted molar refractivity (Wildman–Crippen MR) is 58.5 cm³/mol. The van der Waals surface area contributed by atoms with E-state index in [0.29, 0.717) is 0 Å². The van der Waals surface area contributed by atoms with Gasteiger partial charge in [-0.15, -0.1) is 0 Å². The van der Waals surface area contributed by atoms with Gasteiger partial charge < -0.3 is 4.98 Å². The Hall–Kier alpha value is -1.28. The van der Waals surface area contributed by atoms with Crippen LogP contribution in [0.2, 0.25) is 5.02 Å². The highest BCUT2D eigenvalue weighted by Crippen LogP contribution is 2.22. The Balaban J connectivity index is 2.47. The molecule has 0 unspecified atom stereocenters. The third-order valence-electron chi connectivity index (χ3n) is 2.15. The van der Waals surface area contributed by atoms with Crippen LogP contribution in [0.1, 0.15) is 11.3 Å². The molecule has 3 heteroatoms. The average Bonchev–Trinajstić information content (AvgIpc) is 2.57. The molecule has 72 valence electrons. The maximum atomic E-state index is 6.03. The molecule has 2 aromatic rings. The molecule has 0 aliphatic rings. The molecule has 2 nitrogen and oxygen atoms in total. The zero-order valence-corrected chi connectivity index (χ0v) is 8.89. The van der Waals surface area contributed by atoms with Crippen LogP contribution in [0.25, 0.3) is 11.4 Å². The maximum Gasteiger partial charge on any atom is 0.137 e. The number of rotatable bonds is 1. The van der Waals surface area contributed by atoms with Gasteiger partial charge in [-0.1, -0.05) is 23.7 Å². The Bertz CT molecular complexity index is 460. The van der Waals surface area contributed by atoms with Gasteiger partial charge in [-0.3, -0.25) is 0 Å². The van der Waals surface area contributed by atoms with Crippen molar-refractivity contribution in [2.24, 2.45) is 0 Å². The molecule has 0 aliphatic carbocycles. The predicted octanol–water partition coefficient (Wildman–Crippen LogP) is 3.35. The SMILES string of the molecule is Cc1cnc(-c2ccc(C)c(Cl)c2)[nH]1. The first kappa shape index (κ1) is 9.28. The van der Waals surface area contributed by atoms with Crippen molar-refractivity contribution in [1.82, 2.24) is 9.97 Å². The zero-order chi connectivity index (χ0) is 10.1. The van der Waals surface area contributed by atoms with Crippen LogP contribution in [0.5, 0.6) is 0 Å². The van der Waals surface area contributed by atoms with Crippen molar-refractivity contribution in [1.29, 1.82) is 0 Å². The van der Waals surface area contributed by atoms with Crippen molar-refractivity contribution in [3.63, 3.8) is 0 Å². The molecule has 0 bridgehead atoms. The molecule has 1 aromatic heterocycles.